The maximum Gasteiger partial charge on any atom is 0.251 e. The summed E-state index contributed by atoms with van der Waals surface area (Å²) in [6.45, 7) is 2.52. The minimum absolute atomic E-state index is 0.154. The SMILES string of the molecule is Cc1cc(C#CCN)cc(C(=O)NCCOCC(N)=O)c1. The normalized spacial score (nSPS) is 9.62. The molecule has 2 amide bonds. The molecule has 0 saturated heterocycles. The molecule has 0 saturated carbocycles. The molecule has 0 radical (unpaired) electrons. The lowest BCUT2D eigenvalue weighted by atomic mass is 10.1. The van der Waals surface area contributed by atoms with Crippen molar-refractivity contribution in [3.8, 4) is 11.8 Å². The largest absolute Gasteiger partial charge is 0.370 e. The van der Waals surface area contributed by atoms with E-state index >= 15 is 0 Å². The second-order valence-electron chi connectivity index (χ2n) is 4.37. The van der Waals surface area contributed by atoms with Crippen LogP contribution in [0.1, 0.15) is 21.5 Å². The van der Waals surface area contributed by atoms with Gasteiger partial charge in [-0.15, -0.1) is 0 Å². The molecule has 0 aliphatic heterocycles. The third-order valence-electron chi connectivity index (χ3n) is 2.45. The van der Waals surface area contributed by atoms with Gasteiger partial charge in [0.25, 0.3) is 5.91 Å². The number of aryl methyl sites for hydroxylation is 1. The van der Waals surface area contributed by atoms with Gasteiger partial charge in [0.15, 0.2) is 0 Å². The van der Waals surface area contributed by atoms with Crippen molar-refractivity contribution < 1.29 is 14.3 Å². The number of primary amides is 1. The van der Waals surface area contributed by atoms with Gasteiger partial charge in [0.1, 0.15) is 6.61 Å². The van der Waals surface area contributed by atoms with Crippen LogP contribution in [0, 0.1) is 18.8 Å². The molecule has 0 spiro atoms. The van der Waals surface area contributed by atoms with Gasteiger partial charge in [-0.3, -0.25) is 9.59 Å². The molecule has 1 aromatic rings. The van der Waals surface area contributed by atoms with Crippen LogP contribution >= 0.6 is 0 Å². The van der Waals surface area contributed by atoms with Crippen LogP contribution in [0.2, 0.25) is 0 Å². The van der Waals surface area contributed by atoms with Gasteiger partial charge in [-0.05, 0) is 30.7 Å². The number of hydrogen-bond donors (Lipinski definition) is 3. The molecular weight excluding hydrogens is 270 g/mol. The molecule has 0 aliphatic rings. The van der Waals surface area contributed by atoms with Crippen LogP contribution in [0.4, 0.5) is 0 Å². The molecule has 112 valence electrons. The quantitative estimate of drug-likeness (QED) is 0.486. The zero-order valence-corrected chi connectivity index (χ0v) is 11.9. The van der Waals surface area contributed by atoms with Crippen LogP contribution in [-0.2, 0) is 9.53 Å². The van der Waals surface area contributed by atoms with E-state index < -0.39 is 5.91 Å². The van der Waals surface area contributed by atoms with Crippen LogP contribution in [-0.4, -0.2) is 38.1 Å². The third-order valence-corrected chi connectivity index (χ3v) is 2.45. The molecule has 0 aliphatic carbocycles. The minimum atomic E-state index is -0.539. The molecule has 0 aromatic heterocycles. The first-order valence-electron chi connectivity index (χ1n) is 6.48. The second kappa shape index (κ2) is 8.74. The van der Waals surface area contributed by atoms with Crippen molar-refractivity contribution in [2.45, 2.75) is 6.92 Å². The molecule has 0 fully saturated rings. The zero-order valence-electron chi connectivity index (χ0n) is 11.9. The van der Waals surface area contributed by atoms with Gasteiger partial charge in [0, 0.05) is 17.7 Å². The van der Waals surface area contributed by atoms with Crippen LogP contribution in [0.25, 0.3) is 0 Å². The smallest absolute Gasteiger partial charge is 0.251 e. The van der Waals surface area contributed by atoms with E-state index in [-0.39, 0.29) is 25.7 Å². The summed E-state index contributed by atoms with van der Waals surface area (Å²) < 4.78 is 4.96. The van der Waals surface area contributed by atoms with Crippen molar-refractivity contribution >= 4 is 11.8 Å². The topological polar surface area (TPSA) is 107 Å². The summed E-state index contributed by atoms with van der Waals surface area (Å²) in [4.78, 5) is 22.5. The molecule has 1 rings (SSSR count). The Balaban J connectivity index is 2.57. The first kappa shape index (κ1) is 16.7. The lowest BCUT2D eigenvalue weighted by molar-refractivity contribution is -0.122. The highest BCUT2D eigenvalue weighted by Crippen LogP contribution is 2.09. The fourth-order valence-corrected chi connectivity index (χ4v) is 1.65. The number of hydrogen-bond acceptors (Lipinski definition) is 4. The van der Waals surface area contributed by atoms with Gasteiger partial charge >= 0.3 is 0 Å². The molecule has 6 nitrogen and oxygen atoms in total. The Morgan fingerprint density at radius 1 is 1.33 bits per heavy atom. The number of nitrogens with one attached hydrogen (secondary N) is 1. The van der Waals surface area contributed by atoms with Crippen molar-refractivity contribution in [2.75, 3.05) is 26.3 Å². The predicted molar refractivity (Wildman–Crippen MR) is 79.5 cm³/mol. The summed E-state index contributed by atoms with van der Waals surface area (Å²) in [6.07, 6.45) is 0. The van der Waals surface area contributed by atoms with Gasteiger partial charge in [-0.1, -0.05) is 11.8 Å². The summed E-state index contributed by atoms with van der Waals surface area (Å²) in [6, 6.07) is 5.36. The molecule has 0 unspecified atom stereocenters. The average molecular weight is 289 g/mol. The van der Waals surface area contributed by atoms with Gasteiger partial charge in [0.05, 0.1) is 13.2 Å². The van der Waals surface area contributed by atoms with Crippen molar-refractivity contribution in [1.82, 2.24) is 5.32 Å². The molecule has 5 N–H and O–H groups in total. The maximum atomic E-state index is 12.0. The summed E-state index contributed by atoms with van der Waals surface area (Å²) >= 11 is 0. The van der Waals surface area contributed by atoms with E-state index in [0.717, 1.165) is 11.1 Å². The molecule has 0 bridgehead atoms. The highest BCUT2D eigenvalue weighted by Gasteiger charge is 2.06. The lowest BCUT2D eigenvalue weighted by Crippen LogP contribution is -2.28. The number of carbonyl (C=O) groups excluding carboxylic acids is 2. The first-order chi connectivity index (χ1) is 10.0. The van der Waals surface area contributed by atoms with Crippen LogP contribution in [0.5, 0.6) is 0 Å². The summed E-state index contributed by atoms with van der Waals surface area (Å²) in [5, 5.41) is 2.69. The van der Waals surface area contributed by atoms with E-state index in [9.17, 15) is 9.59 Å². The fourth-order valence-electron chi connectivity index (χ4n) is 1.65. The van der Waals surface area contributed by atoms with Crippen LogP contribution in [0.3, 0.4) is 0 Å². The predicted octanol–water partition coefficient (Wildman–Crippen LogP) is -0.463. The van der Waals surface area contributed by atoms with Crippen LogP contribution < -0.4 is 16.8 Å². The van der Waals surface area contributed by atoms with Crippen LogP contribution in [0.15, 0.2) is 18.2 Å². The first-order valence-corrected chi connectivity index (χ1v) is 6.48. The van der Waals surface area contributed by atoms with E-state index in [1.54, 1.807) is 12.1 Å². The highest BCUT2D eigenvalue weighted by atomic mass is 16.5. The Kier molecular flexibility index (Phi) is 6.95. The van der Waals surface area contributed by atoms with E-state index in [1.165, 1.54) is 0 Å². The second-order valence-corrected chi connectivity index (χ2v) is 4.37. The maximum absolute atomic E-state index is 12.0. The van der Waals surface area contributed by atoms with Gasteiger partial charge in [-0.2, -0.15) is 0 Å². The lowest BCUT2D eigenvalue weighted by Gasteiger charge is -2.07. The number of amides is 2. The van der Waals surface area contributed by atoms with Crippen molar-refractivity contribution in [3.05, 3.63) is 34.9 Å². The number of rotatable bonds is 6. The van der Waals surface area contributed by atoms with Gasteiger partial charge in [-0.25, -0.2) is 0 Å². The van der Waals surface area contributed by atoms with Crippen molar-refractivity contribution in [2.24, 2.45) is 11.5 Å². The van der Waals surface area contributed by atoms with Crippen molar-refractivity contribution in [1.29, 1.82) is 0 Å². The molecule has 6 heteroatoms. The van der Waals surface area contributed by atoms with Gasteiger partial charge < -0.3 is 21.5 Å². The number of nitrogens with two attached hydrogens (primary N) is 2. The highest BCUT2D eigenvalue weighted by molar-refractivity contribution is 5.94. The molecule has 0 heterocycles. The molecule has 1 aromatic carbocycles. The Hall–Kier alpha value is -2.36. The Morgan fingerprint density at radius 2 is 2.10 bits per heavy atom. The minimum Gasteiger partial charge on any atom is -0.370 e. The van der Waals surface area contributed by atoms with E-state index in [4.69, 9.17) is 16.2 Å². The van der Waals surface area contributed by atoms with Gasteiger partial charge in [0.2, 0.25) is 5.91 Å². The van der Waals surface area contributed by atoms with E-state index in [2.05, 4.69) is 17.2 Å². The average Bonchev–Trinajstić information content (AvgIpc) is 2.43. The third kappa shape index (κ3) is 6.56. The monoisotopic (exact) mass is 289 g/mol. The van der Waals surface area contributed by atoms with Crippen molar-refractivity contribution in [3.63, 3.8) is 0 Å². The number of carbonyl (C=O) groups is 2. The summed E-state index contributed by atoms with van der Waals surface area (Å²) in [5.74, 6) is 4.89. The zero-order chi connectivity index (χ0) is 15.7. The summed E-state index contributed by atoms with van der Waals surface area (Å²) in [5.41, 5.74) is 12.5. The summed E-state index contributed by atoms with van der Waals surface area (Å²) in [7, 11) is 0. The standard InChI is InChI=1S/C15H19N3O3/c1-11-7-12(3-2-4-16)9-13(8-11)15(20)18-5-6-21-10-14(17)19/h7-9H,4-6,10,16H2,1H3,(H2,17,19)(H,18,20). The van der Waals surface area contributed by atoms with E-state index in [0.29, 0.717) is 12.1 Å². The Bertz CT molecular complexity index is 573. The number of ether oxygens (including phenoxy) is 1. The molecule has 0 atom stereocenters. The Labute approximate surface area is 123 Å². The fraction of sp³-hybridized carbons (Fsp3) is 0.333. The number of benzene rings is 1. The molecular formula is C15H19N3O3. The molecule has 21 heavy (non-hydrogen) atoms. The Morgan fingerprint density at radius 3 is 2.76 bits per heavy atom. The van der Waals surface area contributed by atoms with E-state index in [1.807, 2.05) is 13.0 Å².